The molecule has 1 aromatic carbocycles. The van der Waals surface area contributed by atoms with Gasteiger partial charge in [0.05, 0.1) is 0 Å². The number of nitrogens with two attached hydrogens (primary N) is 1. The molecule has 2 aromatic rings. The fourth-order valence-corrected chi connectivity index (χ4v) is 2.34. The molecular weight excluding hydrogens is 310 g/mol. The summed E-state index contributed by atoms with van der Waals surface area (Å²) >= 11 is 4.91. The Morgan fingerprint density at radius 3 is 2.83 bits per heavy atom. The van der Waals surface area contributed by atoms with E-state index in [0.29, 0.717) is 35.6 Å². The molecule has 6 heteroatoms. The average molecular weight is 329 g/mol. The molecule has 0 bridgehead atoms. The maximum atomic E-state index is 12.0. The predicted octanol–water partition coefficient (Wildman–Crippen LogP) is 2.21. The lowest BCUT2D eigenvalue weighted by Gasteiger charge is -2.08. The van der Waals surface area contributed by atoms with Crippen LogP contribution in [0.4, 0.5) is 5.69 Å². The highest BCUT2D eigenvalue weighted by Gasteiger charge is 2.05. The number of carbonyl (C=O) groups excluding carboxylic acids is 1. The van der Waals surface area contributed by atoms with Crippen molar-refractivity contribution in [3.8, 4) is 0 Å². The zero-order valence-electron chi connectivity index (χ0n) is 12.9. The van der Waals surface area contributed by atoms with Gasteiger partial charge in [-0.2, -0.15) is 0 Å². The van der Waals surface area contributed by atoms with Crippen molar-refractivity contribution in [2.45, 2.75) is 26.3 Å². The molecule has 0 fully saturated rings. The zero-order valence-corrected chi connectivity index (χ0v) is 13.7. The Hall–Kier alpha value is -2.47. The molecule has 2 rings (SSSR count). The van der Waals surface area contributed by atoms with Gasteiger partial charge < -0.3 is 15.6 Å². The van der Waals surface area contributed by atoms with Gasteiger partial charge >= 0.3 is 0 Å². The molecule has 0 spiro atoms. The van der Waals surface area contributed by atoms with Gasteiger partial charge in [0.1, 0.15) is 4.99 Å². The second-order valence-electron chi connectivity index (χ2n) is 5.33. The molecule has 0 saturated heterocycles. The van der Waals surface area contributed by atoms with E-state index in [2.05, 4.69) is 5.32 Å². The van der Waals surface area contributed by atoms with Crippen LogP contribution in [-0.4, -0.2) is 15.5 Å². The Bertz CT molecular complexity index is 783. The van der Waals surface area contributed by atoms with Crippen LogP contribution in [-0.2, 0) is 11.3 Å². The summed E-state index contributed by atoms with van der Waals surface area (Å²) < 4.78 is 1.62. The maximum absolute atomic E-state index is 12.0. The summed E-state index contributed by atoms with van der Waals surface area (Å²) in [7, 11) is 0. The van der Waals surface area contributed by atoms with Gasteiger partial charge in [0.25, 0.3) is 5.56 Å². The minimum atomic E-state index is -0.106. The molecule has 1 amide bonds. The lowest BCUT2D eigenvalue weighted by atomic mass is 10.2. The highest BCUT2D eigenvalue weighted by Crippen LogP contribution is 2.11. The first-order chi connectivity index (χ1) is 11.0. The Morgan fingerprint density at radius 1 is 1.30 bits per heavy atom. The summed E-state index contributed by atoms with van der Waals surface area (Å²) in [6.07, 6.45) is 2.72. The first-order valence-electron chi connectivity index (χ1n) is 7.32. The molecule has 0 atom stereocenters. The number of thiocarbonyl (C=S) groups is 1. The minimum Gasteiger partial charge on any atom is -0.389 e. The third kappa shape index (κ3) is 5.03. The van der Waals surface area contributed by atoms with E-state index >= 15 is 0 Å². The van der Waals surface area contributed by atoms with Gasteiger partial charge in [-0.1, -0.05) is 30.4 Å². The molecule has 0 unspecified atom stereocenters. The Morgan fingerprint density at radius 2 is 2.09 bits per heavy atom. The van der Waals surface area contributed by atoms with Crippen molar-refractivity contribution in [2.24, 2.45) is 5.73 Å². The van der Waals surface area contributed by atoms with Gasteiger partial charge in [-0.3, -0.25) is 9.59 Å². The summed E-state index contributed by atoms with van der Waals surface area (Å²) in [5, 5.41) is 2.81. The highest BCUT2D eigenvalue weighted by atomic mass is 32.1. The molecule has 1 heterocycles. The molecule has 120 valence electrons. The number of amides is 1. The molecule has 0 saturated carbocycles. The quantitative estimate of drug-likeness (QED) is 0.797. The van der Waals surface area contributed by atoms with Crippen LogP contribution in [0, 0.1) is 6.92 Å². The van der Waals surface area contributed by atoms with E-state index in [-0.39, 0.29) is 11.5 Å². The lowest BCUT2D eigenvalue weighted by molar-refractivity contribution is -0.116. The van der Waals surface area contributed by atoms with Crippen LogP contribution < -0.4 is 16.6 Å². The van der Waals surface area contributed by atoms with E-state index < -0.39 is 0 Å². The van der Waals surface area contributed by atoms with Crippen LogP contribution in [0.1, 0.15) is 24.0 Å². The number of nitrogens with zero attached hydrogens (tertiary/aromatic N) is 1. The van der Waals surface area contributed by atoms with E-state index in [1.54, 1.807) is 41.1 Å². The Balaban J connectivity index is 1.88. The summed E-state index contributed by atoms with van der Waals surface area (Å²) in [5.41, 5.74) is 7.90. The molecule has 1 aromatic heterocycles. The van der Waals surface area contributed by atoms with Crippen LogP contribution in [0.3, 0.4) is 0 Å². The number of hydrogen-bond acceptors (Lipinski definition) is 3. The number of carbonyl (C=O) groups is 1. The third-order valence-corrected chi connectivity index (χ3v) is 3.60. The maximum Gasteiger partial charge on any atom is 0.250 e. The molecular formula is C17H19N3O2S. The second-order valence-corrected chi connectivity index (χ2v) is 5.77. The minimum absolute atomic E-state index is 0.0554. The van der Waals surface area contributed by atoms with Crippen LogP contribution in [0.5, 0.6) is 0 Å². The average Bonchev–Trinajstić information content (AvgIpc) is 2.51. The van der Waals surface area contributed by atoms with Crippen molar-refractivity contribution in [1.29, 1.82) is 0 Å². The first kappa shape index (κ1) is 16.9. The monoisotopic (exact) mass is 329 g/mol. The molecule has 23 heavy (non-hydrogen) atoms. The number of hydrogen-bond donors (Lipinski definition) is 2. The largest absolute Gasteiger partial charge is 0.389 e. The molecule has 3 N–H and O–H groups in total. The fraction of sp³-hybridized carbons (Fsp3) is 0.235. The van der Waals surface area contributed by atoms with Gasteiger partial charge in [-0.05, 0) is 31.0 Å². The number of nitrogens with one attached hydrogen (secondary N) is 1. The highest BCUT2D eigenvalue weighted by molar-refractivity contribution is 7.80. The van der Waals surface area contributed by atoms with E-state index in [0.717, 1.165) is 5.56 Å². The third-order valence-electron chi connectivity index (χ3n) is 3.37. The zero-order chi connectivity index (χ0) is 16.8. The van der Waals surface area contributed by atoms with Crippen LogP contribution in [0.25, 0.3) is 0 Å². The SMILES string of the molecule is Cc1ccc(=O)n(CCCC(=O)Nc2cccc(C(N)=S)c2)c1. The molecule has 0 radical (unpaired) electrons. The number of anilines is 1. The van der Waals surface area contributed by atoms with Crippen molar-refractivity contribution in [3.05, 3.63) is 64.1 Å². The van der Waals surface area contributed by atoms with Crippen molar-refractivity contribution in [2.75, 3.05) is 5.32 Å². The topological polar surface area (TPSA) is 77.1 Å². The number of pyridine rings is 1. The smallest absolute Gasteiger partial charge is 0.250 e. The Labute approximate surface area is 140 Å². The number of rotatable bonds is 6. The molecule has 0 aliphatic carbocycles. The van der Waals surface area contributed by atoms with Crippen molar-refractivity contribution in [1.82, 2.24) is 4.57 Å². The van der Waals surface area contributed by atoms with Gasteiger partial charge in [0.15, 0.2) is 0 Å². The molecule has 5 nitrogen and oxygen atoms in total. The summed E-state index contributed by atoms with van der Waals surface area (Å²) in [5.74, 6) is -0.106. The number of benzene rings is 1. The van der Waals surface area contributed by atoms with Crippen LogP contribution >= 0.6 is 12.2 Å². The van der Waals surface area contributed by atoms with Gasteiger partial charge in [0.2, 0.25) is 5.91 Å². The van der Waals surface area contributed by atoms with E-state index in [9.17, 15) is 9.59 Å². The van der Waals surface area contributed by atoms with Gasteiger partial charge in [-0.25, -0.2) is 0 Å². The number of aryl methyl sites for hydroxylation is 2. The standard InChI is InChI=1S/C17H19N3O2S/c1-12-7-8-16(22)20(11-12)9-3-6-15(21)19-14-5-2-4-13(10-14)17(18)23/h2,4-5,7-8,10-11H,3,6,9H2,1H3,(H2,18,23)(H,19,21). The first-order valence-corrected chi connectivity index (χ1v) is 7.73. The fourth-order valence-electron chi connectivity index (χ4n) is 2.21. The van der Waals surface area contributed by atoms with Crippen molar-refractivity contribution >= 4 is 28.8 Å². The summed E-state index contributed by atoms with van der Waals surface area (Å²) in [6, 6.07) is 10.4. The van der Waals surface area contributed by atoms with Crippen LogP contribution in [0.2, 0.25) is 0 Å². The van der Waals surface area contributed by atoms with Gasteiger partial charge in [0, 0.05) is 36.5 Å². The predicted molar refractivity (Wildman–Crippen MR) is 95.6 cm³/mol. The van der Waals surface area contributed by atoms with Crippen molar-refractivity contribution in [3.63, 3.8) is 0 Å². The van der Waals surface area contributed by atoms with E-state index in [1.807, 2.05) is 6.92 Å². The lowest BCUT2D eigenvalue weighted by Crippen LogP contribution is -2.20. The van der Waals surface area contributed by atoms with Gasteiger partial charge in [-0.15, -0.1) is 0 Å². The number of aromatic nitrogens is 1. The van der Waals surface area contributed by atoms with E-state index in [1.165, 1.54) is 6.07 Å². The summed E-state index contributed by atoms with van der Waals surface area (Å²) in [4.78, 5) is 23.9. The van der Waals surface area contributed by atoms with Crippen molar-refractivity contribution < 1.29 is 4.79 Å². The van der Waals surface area contributed by atoms with E-state index in [4.69, 9.17) is 18.0 Å². The normalized spacial score (nSPS) is 10.3. The molecule has 0 aliphatic heterocycles. The van der Waals surface area contributed by atoms with Crippen LogP contribution in [0.15, 0.2) is 47.4 Å². The second kappa shape index (κ2) is 7.69. The summed E-state index contributed by atoms with van der Waals surface area (Å²) in [6.45, 7) is 2.44. The molecule has 0 aliphatic rings. The Kier molecular flexibility index (Phi) is 5.65.